The number of benzene rings is 2. The van der Waals surface area contributed by atoms with E-state index >= 15 is 0 Å². The number of amides is 1. The highest BCUT2D eigenvalue weighted by Gasteiger charge is 2.23. The topological polar surface area (TPSA) is 84.9 Å². The van der Waals surface area contributed by atoms with E-state index in [-0.39, 0.29) is 5.69 Å². The number of carbonyl (C=O) groups is 1. The molecule has 0 saturated heterocycles. The van der Waals surface area contributed by atoms with Gasteiger partial charge in [-0.3, -0.25) is 9.10 Å². The lowest BCUT2D eigenvalue weighted by Gasteiger charge is -2.24. The average Bonchev–Trinajstić information content (AvgIpc) is 2.64. The van der Waals surface area contributed by atoms with Crippen LogP contribution in [0, 0.1) is 5.82 Å². The molecule has 0 aliphatic heterocycles. The molecular weight excluding hydrogens is 387 g/mol. The van der Waals surface area contributed by atoms with Crippen molar-refractivity contribution in [3.63, 3.8) is 0 Å². The summed E-state index contributed by atoms with van der Waals surface area (Å²) in [4.78, 5) is 12.5. The Bertz CT molecular complexity index is 949. The zero-order valence-corrected chi connectivity index (χ0v) is 16.9. The lowest BCUT2D eigenvalue weighted by atomic mass is 10.1. The Hall–Kier alpha value is -2.81. The minimum atomic E-state index is -3.79. The zero-order valence-electron chi connectivity index (χ0n) is 16.1. The molecule has 2 rings (SSSR count). The molecule has 0 heterocycles. The van der Waals surface area contributed by atoms with Crippen LogP contribution in [0.2, 0.25) is 0 Å². The van der Waals surface area contributed by atoms with Gasteiger partial charge >= 0.3 is 0 Å². The first-order valence-electron chi connectivity index (χ1n) is 8.40. The fraction of sp³-hybridized carbons (Fsp3) is 0.316. The summed E-state index contributed by atoms with van der Waals surface area (Å²) < 4.78 is 49.1. The van der Waals surface area contributed by atoms with Crippen molar-refractivity contribution in [2.24, 2.45) is 0 Å². The van der Waals surface area contributed by atoms with Crippen LogP contribution in [-0.4, -0.2) is 41.3 Å². The maximum atomic E-state index is 13.5. The van der Waals surface area contributed by atoms with E-state index in [4.69, 9.17) is 9.47 Å². The third-order valence-electron chi connectivity index (χ3n) is 4.06. The first-order valence-corrected chi connectivity index (χ1v) is 10.2. The van der Waals surface area contributed by atoms with Gasteiger partial charge in [0.2, 0.25) is 15.9 Å². The van der Waals surface area contributed by atoms with Crippen molar-refractivity contribution in [2.45, 2.75) is 13.0 Å². The van der Waals surface area contributed by atoms with Crippen LogP contribution in [0.1, 0.15) is 18.5 Å². The standard InChI is InChI=1S/C19H23FN2O5S/c1-13(17-11-16(26-2)8-9-18(17)27-3)21-19(23)12-22(28(4,24)25)15-7-5-6-14(20)10-15/h5-11,13H,12H2,1-4H3,(H,21,23). The SMILES string of the molecule is COc1ccc(OC)c(C(C)NC(=O)CN(c2cccc(F)c2)S(C)(=O)=O)c1. The number of ether oxygens (including phenoxy) is 2. The monoisotopic (exact) mass is 410 g/mol. The summed E-state index contributed by atoms with van der Waals surface area (Å²) in [5, 5.41) is 2.73. The van der Waals surface area contributed by atoms with Crippen LogP contribution in [0.4, 0.5) is 10.1 Å². The summed E-state index contributed by atoms with van der Waals surface area (Å²) in [7, 11) is -0.758. The second-order valence-electron chi connectivity index (χ2n) is 6.15. The summed E-state index contributed by atoms with van der Waals surface area (Å²) in [6.45, 7) is 1.25. The molecule has 1 atom stereocenters. The third kappa shape index (κ3) is 5.35. The van der Waals surface area contributed by atoms with Gasteiger partial charge < -0.3 is 14.8 Å². The lowest BCUT2D eigenvalue weighted by Crippen LogP contribution is -2.41. The Balaban J connectivity index is 2.21. The molecule has 0 spiro atoms. The molecule has 1 N–H and O–H groups in total. The second kappa shape index (κ2) is 8.92. The minimum absolute atomic E-state index is 0.0734. The van der Waals surface area contributed by atoms with Crippen molar-refractivity contribution in [3.8, 4) is 11.5 Å². The van der Waals surface area contributed by atoms with Gasteiger partial charge in [0, 0.05) is 5.56 Å². The van der Waals surface area contributed by atoms with Crippen molar-refractivity contribution in [3.05, 3.63) is 53.8 Å². The molecule has 9 heteroatoms. The van der Waals surface area contributed by atoms with Crippen LogP contribution in [0.5, 0.6) is 11.5 Å². The van der Waals surface area contributed by atoms with Crippen molar-refractivity contribution in [1.82, 2.24) is 5.32 Å². The zero-order chi connectivity index (χ0) is 20.9. The maximum absolute atomic E-state index is 13.5. The summed E-state index contributed by atoms with van der Waals surface area (Å²) in [5.74, 6) is 0.00113. The molecule has 0 bridgehead atoms. The first-order chi connectivity index (χ1) is 13.2. The molecular formula is C19H23FN2O5S. The molecule has 1 amide bonds. The number of sulfonamides is 1. The molecule has 2 aromatic carbocycles. The van der Waals surface area contributed by atoms with Crippen LogP contribution in [0.3, 0.4) is 0 Å². The van der Waals surface area contributed by atoms with E-state index < -0.39 is 34.3 Å². The number of rotatable bonds is 8. The van der Waals surface area contributed by atoms with Gasteiger partial charge in [-0.1, -0.05) is 6.07 Å². The average molecular weight is 410 g/mol. The third-order valence-corrected chi connectivity index (χ3v) is 5.21. The highest BCUT2D eigenvalue weighted by atomic mass is 32.2. The molecule has 28 heavy (non-hydrogen) atoms. The Morgan fingerprint density at radius 3 is 2.46 bits per heavy atom. The lowest BCUT2D eigenvalue weighted by molar-refractivity contribution is -0.120. The van der Waals surface area contributed by atoms with Gasteiger partial charge in [-0.2, -0.15) is 0 Å². The van der Waals surface area contributed by atoms with Crippen molar-refractivity contribution in [1.29, 1.82) is 0 Å². The number of anilines is 1. The predicted octanol–water partition coefficient (Wildman–Crippen LogP) is 2.49. The molecule has 152 valence electrons. The van der Waals surface area contributed by atoms with E-state index in [0.29, 0.717) is 17.1 Å². The number of halogens is 1. The number of nitrogens with one attached hydrogen (secondary N) is 1. The summed E-state index contributed by atoms with van der Waals surface area (Å²) in [6.07, 6.45) is 0.958. The van der Waals surface area contributed by atoms with Crippen molar-refractivity contribution < 1.29 is 27.1 Å². The van der Waals surface area contributed by atoms with Gasteiger partial charge in [0.05, 0.1) is 32.2 Å². The maximum Gasteiger partial charge on any atom is 0.241 e. The quantitative estimate of drug-likeness (QED) is 0.723. The fourth-order valence-corrected chi connectivity index (χ4v) is 3.55. The van der Waals surface area contributed by atoms with E-state index in [0.717, 1.165) is 16.6 Å². The van der Waals surface area contributed by atoms with Crippen LogP contribution < -0.4 is 19.1 Å². The van der Waals surface area contributed by atoms with Gasteiger partial charge in [0.15, 0.2) is 0 Å². The van der Waals surface area contributed by atoms with E-state index in [9.17, 15) is 17.6 Å². The number of nitrogens with zero attached hydrogens (tertiary/aromatic N) is 1. The Morgan fingerprint density at radius 1 is 1.18 bits per heavy atom. The largest absolute Gasteiger partial charge is 0.497 e. The molecule has 0 aliphatic rings. The molecule has 0 saturated carbocycles. The normalized spacial score (nSPS) is 12.2. The van der Waals surface area contributed by atoms with Gasteiger partial charge in [-0.25, -0.2) is 12.8 Å². The smallest absolute Gasteiger partial charge is 0.241 e. The second-order valence-corrected chi connectivity index (χ2v) is 8.05. The summed E-state index contributed by atoms with van der Waals surface area (Å²) in [5.41, 5.74) is 0.746. The fourth-order valence-electron chi connectivity index (χ4n) is 2.70. The van der Waals surface area contributed by atoms with Gasteiger partial charge in [-0.15, -0.1) is 0 Å². The van der Waals surface area contributed by atoms with Crippen LogP contribution >= 0.6 is 0 Å². The van der Waals surface area contributed by atoms with Crippen LogP contribution in [0.15, 0.2) is 42.5 Å². The molecule has 2 aromatic rings. The molecule has 7 nitrogen and oxygen atoms in total. The van der Waals surface area contributed by atoms with E-state index in [1.54, 1.807) is 25.1 Å². The number of carbonyl (C=O) groups excluding carboxylic acids is 1. The number of methoxy groups -OCH3 is 2. The van der Waals surface area contributed by atoms with Gasteiger partial charge in [-0.05, 0) is 43.3 Å². The predicted molar refractivity (Wildman–Crippen MR) is 105 cm³/mol. The Morgan fingerprint density at radius 2 is 1.89 bits per heavy atom. The van der Waals surface area contributed by atoms with Crippen LogP contribution in [-0.2, 0) is 14.8 Å². The van der Waals surface area contributed by atoms with Crippen molar-refractivity contribution >= 4 is 21.6 Å². The van der Waals surface area contributed by atoms with E-state index in [2.05, 4.69) is 5.32 Å². The van der Waals surface area contributed by atoms with Gasteiger partial charge in [0.1, 0.15) is 23.9 Å². The number of hydrogen-bond acceptors (Lipinski definition) is 5. The molecule has 0 fully saturated rings. The summed E-state index contributed by atoms with van der Waals surface area (Å²) >= 11 is 0. The molecule has 0 aliphatic carbocycles. The van der Waals surface area contributed by atoms with E-state index in [1.807, 2.05) is 0 Å². The highest BCUT2D eigenvalue weighted by molar-refractivity contribution is 7.92. The van der Waals surface area contributed by atoms with E-state index in [1.165, 1.54) is 32.4 Å². The Labute approximate surface area is 164 Å². The molecule has 0 radical (unpaired) electrons. The number of hydrogen-bond donors (Lipinski definition) is 1. The highest BCUT2D eigenvalue weighted by Crippen LogP contribution is 2.29. The van der Waals surface area contributed by atoms with Crippen molar-refractivity contribution in [2.75, 3.05) is 31.3 Å². The first kappa shape index (κ1) is 21.5. The molecule has 1 unspecified atom stereocenters. The Kier molecular flexibility index (Phi) is 6.85. The minimum Gasteiger partial charge on any atom is -0.497 e. The van der Waals surface area contributed by atoms with Gasteiger partial charge in [0.25, 0.3) is 0 Å². The van der Waals surface area contributed by atoms with Crippen LogP contribution in [0.25, 0.3) is 0 Å². The summed E-state index contributed by atoms with van der Waals surface area (Å²) in [6, 6.07) is 9.75. The molecule has 0 aromatic heterocycles.